The van der Waals surface area contributed by atoms with Crippen LogP contribution in [-0.2, 0) is 16.3 Å². The molecule has 0 N–H and O–H groups in total. The molecule has 0 radical (unpaired) electrons. The summed E-state index contributed by atoms with van der Waals surface area (Å²) in [5.74, 6) is -0.334. The van der Waals surface area contributed by atoms with Gasteiger partial charge in [0.1, 0.15) is 17.6 Å². The molecule has 29 heavy (non-hydrogen) atoms. The highest BCUT2D eigenvalue weighted by molar-refractivity contribution is 7.92. The number of hydrogen-bond donors (Lipinski definition) is 0. The van der Waals surface area contributed by atoms with Gasteiger partial charge in [0.2, 0.25) is 0 Å². The molecule has 1 aliphatic rings. The Hall–Kier alpha value is -2.51. The third-order valence-electron chi connectivity index (χ3n) is 4.52. The Morgan fingerprint density at radius 3 is 2.55 bits per heavy atom. The van der Waals surface area contributed by atoms with Crippen molar-refractivity contribution in [1.29, 1.82) is 5.26 Å². The maximum Gasteiger partial charge on any atom is 0.501 e. The van der Waals surface area contributed by atoms with E-state index in [4.69, 9.17) is 16.3 Å². The molecular formula is C18H13ClF4N2O3S. The summed E-state index contributed by atoms with van der Waals surface area (Å²) >= 11 is 6.19. The first-order chi connectivity index (χ1) is 13.5. The highest BCUT2D eigenvalue weighted by atomic mass is 35.5. The molecule has 0 fully saturated rings. The van der Waals surface area contributed by atoms with Crippen LogP contribution in [0.5, 0.6) is 5.75 Å². The lowest BCUT2D eigenvalue weighted by Gasteiger charge is -2.33. The minimum absolute atomic E-state index is 0.121. The Bertz CT molecular complexity index is 1110. The number of anilines is 2. The fraction of sp³-hybridized carbons (Fsp3) is 0.278. The Kier molecular flexibility index (Phi) is 5.40. The van der Waals surface area contributed by atoms with Crippen molar-refractivity contribution in [3.8, 4) is 11.8 Å². The van der Waals surface area contributed by atoms with Crippen molar-refractivity contribution < 1.29 is 30.7 Å². The van der Waals surface area contributed by atoms with Crippen LogP contribution in [0, 0.1) is 17.1 Å². The summed E-state index contributed by atoms with van der Waals surface area (Å²) in [7, 11) is -4.43. The first kappa shape index (κ1) is 21.2. The number of aryl methyl sites for hydroxylation is 1. The van der Waals surface area contributed by atoms with Gasteiger partial charge < -0.3 is 9.64 Å². The monoisotopic (exact) mass is 448 g/mol. The van der Waals surface area contributed by atoms with Crippen LogP contribution in [0.25, 0.3) is 0 Å². The van der Waals surface area contributed by atoms with E-state index in [1.807, 2.05) is 0 Å². The van der Waals surface area contributed by atoms with E-state index in [2.05, 4.69) is 0 Å². The number of benzene rings is 2. The zero-order valence-electron chi connectivity index (χ0n) is 14.8. The second kappa shape index (κ2) is 7.39. The second-order valence-electron chi connectivity index (χ2n) is 6.20. The van der Waals surface area contributed by atoms with E-state index in [0.717, 1.165) is 12.1 Å². The summed E-state index contributed by atoms with van der Waals surface area (Å²) in [4.78, 5) is 0.356. The first-order valence-electron chi connectivity index (χ1n) is 8.20. The van der Waals surface area contributed by atoms with Gasteiger partial charge in [0, 0.05) is 12.6 Å². The van der Waals surface area contributed by atoms with Crippen LogP contribution in [0.15, 0.2) is 29.2 Å². The highest BCUT2D eigenvalue weighted by Crippen LogP contribution is 2.45. The predicted molar refractivity (Wildman–Crippen MR) is 97.7 cm³/mol. The molecule has 2 aromatic carbocycles. The average Bonchev–Trinajstić information content (AvgIpc) is 2.65. The van der Waals surface area contributed by atoms with E-state index in [1.54, 1.807) is 4.90 Å². The minimum Gasteiger partial charge on any atom is -0.494 e. The fourth-order valence-corrected chi connectivity index (χ4v) is 4.55. The standard InChI is InChI=1S/C18H13ClF4N2O3S/c1-28-14-8-11(20)7-10-3-2-6-25(17(10)14)13-4-5-15(12(9-24)16(13)19)29(26,27)18(21,22)23/h4-5,7-8H,2-3,6H2,1H3. The van der Waals surface area contributed by atoms with Gasteiger partial charge in [-0.2, -0.15) is 18.4 Å². The van der Waals surface area contributed by atoms with Crippen molar-refractivity contribution >= 4 is 32.8 Å². The van der Waals surface area contributed by atoms with Crippen molar-refractivity contribution in [3.63, 3.8) is 0 Å². The summed E-state index contributed by atoms with van der Waals surface area (Å²) in [5, 5.41) is 8.88. The largest absolute Gasteiger partial charge is 0.501 e. The average molecular weight is 449 g/mol. The van der Waals surface area contributed by atoms with Crippen molar-refractivity contribution in [3.05, 3.63) is 46.2 Å². The van der Waals surface area contributed by atoms with Gasteiger partial charge in [-0.1, -0.05) is 11.6 Å². The number of nitrogens with zero attached hydrogens (tertiary/aromatic N) is 2. The van der Waals surface area contributed by atoms with Crippen LogP contribution in [0.1, 0.15) is 17.5 Å². The van der Waals surface area contributed by atoms with Gasteiger partial charge in [0.15, 0.2) is 0 Å². The smallest absolute Gasteiger partial charge is 0.494 e. The summed E-state index contributed by atoms with van der Waals surface area (Å²) in [5.41, 5.74) is -5.22. The molecule has 2 aromatic rings. The van der Waals surface area contributed by atoms with E-state index in [1.165, 1.54) is 19.2 Å². The zero-order chi connectivity index (χ0) is 21.6. The Morgan fingerprint density at radius 1 is 1.28 bits per heavy atom. The SMILES string of the molecule is COc1cc(F)cc2c1N(c1ccc(S(=O)(=O)C(F)(F)F)c(C#N)c1Cl)CCC2. The molecule has 0 atom stereocenters. The zero-order valence-corrected chi connectivity index (χ0v) is 16.4. The molecule has 0 unspecified atom stereocenters. The number of alkyl halides is 3. The maximum absolute atomic E-state index is 13.8. The van der Waals surface area contributed by atoms with Gasteiger partial charge in [0.25, 0.3) is 9.84 Å². The first-order valence-corrected chi connectivity index (χ1v) is 10.1. The molecule has 1 heterocycles. The number of methoxy groups -OCH3 is 1. The van der Waals surface area contributed by atoms with Crippen LogP contribution in [-0.4, -0.2) is 27.6 Å². The molecule has 11 heteroatoms. The van der Waals surface area contributed by atoms with Crippen LogP contribution >= 0.6 is 11.6 Å². The Balaban J connectivity index is 2.23. The van der Waals surface area contributed by atoms with Gasteiger partial charge in [0.05, 0.1) is 34.0 Å². The third kappa shape index (κ3) is 3.49. The molecule has 0 spiro atoms. The lowest BCUT2D eigenvalue weighted by Crippen LogP contribution is -2.27. The van der Waals surface area contributed by atoms with E-state index < -0.39 is 36.6 Å². The topological polar surface area (TPSA) is 70.4 Å². The van der Waals surface area contributed by atoms with Crippen LogP contribution in [0.3, 0.4) is 0 Å². The molecule has 3 rings (SSSR count). The molecule has 0 saturated heterocycles. The minimum atomic E-state index is -5.77. The predicted octanol–water partition coefficient (Wildman–Crippen LogP) is 4.74. The second-order valence-corrected chi connectivity index (χ2v) is 8.49. The fourth-order valence-electron chi connectivity index (χ4n) is 3.27. The molecule has 0 bridgehead atoms. The Morgan fingerprint density at radius 2 is 1.97 bits per heavy atom. The summed E-state index contributed by atoms with van der Waals surface area (Å²) in [6.45, 7) is 0.352. The van der Waals surface area contributed by atoms with Crippen molar-refractivity contribution in [2.24, 2.45) is 0 Å². The van der Waals surface area contributed by atoms with E-state index in [-0.39, 0.29) is 11.4 Å². The molecule has 0 saturated carbocycles. The number of nitriles is 1. The molecule has 154 valence electrons. The van der Waals surface area contributed by atoms with Gasteiger partial charge in [-0.25, -0.2) is 12.8 Å². The summed E-state index contributed by atoms with van der Waals surface area (Å²) < 4.78 is 81.5. The highest BCUT2D eigenvalue weighted by Gasteiger charge is 2.48. The van der Waals surface area contributed by atoms with Gasteiger partial charge in [-0.15, -0.1) is 0 Å². The number of hydrogen-bond acceptors (Lipinski definition) is 5. The van der Waals surface area contributed by atoms with E-state index >= 15 is 0 Å². The molecule has 0 aromatic heterocycles. The van der Waals surface area contributed by atoms with Crippen LogP contribution in [0.4, 0.5) is 28.9 Å². The molecular weight excluding hydrogens is 436 g/mol. The quantitative estimate of drug-likeness (QED) is 0.634. The lowest BCUT2D eigenvalue weighted by molar-refractivity contribution is -0.0436. The van der Waals surface area contributed by atoms with Crippen LogP contribution in [0.2, 0.25) is 5.02 Å². The van der Waals surface area contributed by atoms with E-state index in [0.29, 0.717) is 36.7 Å². The van der Waals surface area contributed by atoms with Crippen LogP contribution < -0.4 is 9.64 Å². The van der Waals surface area contributed by atoms with Gasteiger partial charge in [-0.05, 0) is 36.6 Å². The summed E-state index contributed by atoms with van der Waals surface area (Å²) in [6.07, 6.45) is 1.10. The number of ether oxygens (including phenoxy) is 1. The normalized spacial score (nSPS) is 14.3. The van der Waals surface area contributed by atoms with Crippen molar-refractivity contribution in [2.45, 2.75) is 23.2 Å². The maximum atomic E-state index is 13.8. The molecule has 0 amide bonds. The van der Waals surface area contributed by atoms with Gasteiger partial charge >= 0.3 is 5.51 Å². The van der Waals surface area contributed by atoms with Gasteiger partial charge in [-0.3, -0.25) is 0 Å². The number of fused-ring (bicyclic) bond motifs is 1. The number of rotatable bonds is 3. The van der Waals surface area contributed by atoms with Crippen molar-refractivity contribution in [1.82, 2.24) is 0 Å². The number of halogens is 5. The van der Waals surface area contributed by atoms with Crippen molar-refractivity contribution in [2.75, 3.05) is 18.6 Å². The molecule has 5 nitrogen and oxygen atoms in total. The Labute approximate surface area is 169 Å². The lowest BCUT2D eigenvalue weighted by atomic mass is 9.99. The third-order valence-corrected chi connectivity index (χ3v) is 6.43. The molecule has 0 aliphatic carbocycles. The van der Waals surface area contributed by atoms with E-state index in [9.17, 15) is 31.2 Å². The summed E-state index contributed by atoms with van der Waals surface area (Å²) in [6, 6.07) is 5.72. The number of sulfone groups is 1. The molecule has 1 aliphatic heterocycles.